The third-order valence-electron chi connectivity index (χ3n) is 4.78. The predicted molar refractivity (Wildman–Crippen MR) is 130 cm³/mol. The molecule has 4 aromatic rings. The van der Waals surface area contributed by atoms with Crippen LogP contribution < -0.4 is 10.2 Å². The molecule has 1 N–H and O–H groups in total. The van der Waals surface area contributed by atoms with Crippen LogP contribution >= 0.6 is 23.1 Å². The molecule has 32 heavy (non-hydrogen) atoms. The Balaban J connectivity index is 1.52. The molecule has 164 valence electrons. The number of nitrogens with one attached hydrogen (secondary N) is 1. The number of hydrogen-bond donors (Lipinski definition) is 1. The first-order chi connectivity index (χ1) is 15.4. The third kappa shape index (κ3) is 4.84. The van der Waals surface area contributed by atoms with E-state index < -0.39 is 5.25 Å². The molecule has 0 fully saturated rings. The number of rotatable bonds is 7. The first-order valence-electron chi connectivity index (χ1n) is 10.0. The summed E-state index contributed by atoms with van der Waals surface area (Å²) in [5, 5.41) is 6.64. The Morgan fingerprint density at radius 2 is 1.91 bits per heavy atom. The molecule has 2 heterocycles. The van der Waals surface area contributed by atoms with Crippen LogP contribution in [-0.2, 0) is 9.59 Å². The van der Waals surface area contributed by atoms with Crippen LogP contribution in [0.5, 0.6) is 0 Å². The summed E-state index contributed by atoms with van der Waals surface area (Å²) in [6.07, 6.45) is 0. The molecule has 1 atom stereocenters. The topological polar surface area (TPSA) is 88.3 Å². The van der Waals surface area contributed by atoms with Crippen molar-refractivity contribution >= 4 is 61.8 Å². The number of carbonyl (C=O) groups excluding carboxylic acids is 2. The lowest BCUT2D eigenvalue weighted by molar-refractivity contribution is -0.115. The van der Waals surface area contributed by atoms with E-state index in [4.69, 9.17) is 4.52 Å². The van der Waals surface area contributed by atoms with Crippen LogP contribution in [0.25, 0.3) is 10.2 Å². The number of thiazole rings is 1. The van der Waals surface area contributed by atoms with E-state index in [0.29, 0.717) is 16.7 Å². The number of fused-ring (bicyclic) bond motifs is 1. The van der Waals surface area contributed by atoms with E-state index in [1.807, 2.05) is 55.5 Å². The smallest absolute Gasteiger partial charge is 0.243 e. The second-order valence-corrected chi connectivity index (χ2v) is 9.58. The summed E-state index contributed by atoms with van der Waals surface area (Å²) in [6.45, 7) is 5.48. The fraction of sp³-hybridized carbons (Fsp3) is 0.217. The van der Waals surface area contributed by atoms with Gasteiger partial charge in [0.1, 0.15) is 5.76 Å². The number of anilines is 3. The largest absolute Gasteiger partial charge is 0.360 e. The maximum Gasteiger partial charge on any atom is 0.243 e. The Morgan fingerprint density at radius 1 is 1.16 bits per heavy atom. The number of para-hydroxylation sites is 2. The number of aryl methyl sites for hydroxylation is 2. The first-order valence-corrected chi connectivity index (χ1v) is 11.9. The molecule has 7 nitrogen and oxygen atoms in total. The van der Waals surface area contributed by atoms with Gasteiger partial charge in [0.05, 0.1) is 26.9 Å². The van der Waals surface area contributed by atoms with Crippen molar-refractivity contribution in [3.05, 3.63) is 65.9 Å². The molecule has 9 heteroatoms. The highest BCUT2D eigenvalue weighted by Crippen LogP contribution is 2.35. The summed E-state index contributed by atoms with van der Waals surface area (Å²) < 4.78 is 5.98. The number of nitrogens with zero attached hydrogens (tertiary/aromatic N) is 3. The Bertz CT molecular complexity index is 1230. The van der Waals surface area contributed by atoms with Crippen molar-refractivity contribution in [2.75, 3.05) is 16.0 Å². The van der Waals surface area contributed by atoms with E-state index in [0.717, 1.165) is 21.5 Å². The first kappa shape index (κ1) is 22.0. The second kappa shape index (κ2) is 9.54. The molecule has 0 aliphatic heterocycles. The van der Waals surface area contributed by atoms with Gasteiger partial charge in [-0.25, -0.2) is 4.98 Å². The third-order valence-corrected chi connectivity index (χ3v) is 6.93. The standard InChI is InChI=1S/C23H22N4O3S2/c1-14-8-4-6-10-18(14)27(23-24-17-9-5-7-11-19(17)32-23)21(28)13-31-16(3)22(29)25-20-12-15(2)30-26-20/h4-12,16H,13H2,1-3H3,(H,25,26,29). The molecule has 0 saturated carbocycles. The average molecular weight is 467 g/mol. The molecular weight excluding hydrogens is 444 g/mol. The molecule has 4 rings (SSSR count). The molecule has 0 saturated heterocycles. The molecule has 0 spiro atoms. The molecule has 1 unspecified atom stereocenters. The normalized spacial score (nSPS) is 12.0. The van der Waals surface area contributed by atoms with Gasteiger partial charge >= 0.3 is 0 Å². The Hall–Kier alpha value is -3.17. The van der Waals surface area contributed by atoms with Crippen LogP contribution in [0, 0.1) is 13.8 Å². The van der Waals surface area contributed by atoms with Gasteiger partial charge in [0.25, 0.3) is 0 Å². The van der Waals surface area contributed by atoms with Gasteiger partial charge in [0, 0.05) is 6.07 Å². The van der Waals surface area contributed by atoms with Crippen molar-refractivity contribution in [2.45, 2.75) is 26.0 Å². The van der Waals surface area contributed by atoms with E-state index in [2.05, 4.69) is 15.5 Å². The highest BCUT2D eigenvalue weighted by molar-refractivity contribution is 8.01. The number of aromatic nitrogens is 2. The van der Waals surface area contributed by atoms with E-state index in [9.17, 15) is 9.59 Å². The van der Waals surface area contributed by atoms with Crippen LogP contribution in [0.15, 0.2) is 59.1 Å². The molecule has 0 aliphatic rings. The lowest BCUT2D eigenvalue weighted by Crippen LogP contribution is -2.30. The number of benzene rings is 2. The van der Waals surface area contributed by atoms with Crippen LogP contribution in [0.2, 0.25) is 0 Å². The Kier molecular flexibility index (Phi) is 6.57. The summed E-state index contributed by atoms with van der Waals surface area (Å²) in [5.74, 6) is 0.720. The summed E-state index contributed by atoms with van der Waals surface area (Å²) in [5.41, 5.74) is 2.60. The van der Waals surface area contributed by atoms with Gasteiger partial charge in [0.2, 0.25) is 11.8 Å². The maximum atomic E-state index is 13.4. The van der Waals surface area contributed by atoms with Crippen molar-refractivity contribution in [1.29, 1.82) is 0 Å². The van der Waals surface area contributed by atoms with Crippen LogP contribution in [0.1, 0.15) is 18.2 Å². The Labute approximate surface area is 193 Å². The fourth-order valence-electron chi connectivity index (χ4n) is 3.10. The minimum Gasteiger partial charge on any atom is -0.360 e. The molecule has 0 aliphatic carbocycles. The van der Waals surface area contributed by atoms with Gasteiger partial charge in [-0.1, -0.05) is 46.8 Å². The van der Waals surface area contributed by atoms with Gasteiger partial charge in [-0.15, -0.1) is 11.8 Å². The van der Waals surface area contributed by atoms with Crippen molar-refractivity contribution in [3.8, 4) is 0 Å². The molecule has 2 amide bonds. The zero-order chi connectivity index (χ0) is 22.7. The van der Waals surface area contributed by atoms with Gasteiger partial charge in [-0.3, -0.25) is 14.5 Å². The van der Waals surface area contributed by atoms with Crippen molar-refractivity contribution in [3.63, 3.8) is 0 Å². The highest BCUT2D eigenvalue weighted by atomic mass is 32.2. The van der Waals surface area contributed by atoms with Crippen LogP contribution in [0.3, 0.4) is 0 Å². The molecule has 2 aromatic heterocycles. The van der Waals surface area contributed by atoms with Gasteiger partial charge in [-0.2, -0.15) is 0 Å². The maximum absolute atomic E-state index is 13.4. The van der Waals surface area contributed by atoms with Crippen LogP contribution in [0.4, 0.5) is 16.6 Å². The summed E-state index contributed by atoms with van der Waals surface area (Å²) in [7, 11) is 0. The summed E-state index contributed by atoms with van der Waals surface area (Å²) in [4.78, 5) is 32.2. The molecule has 0 radical (unpaired) electrons. The lowest BCUT2D eigenvalue weighted by Gasteiger charge is -2.22. The summed E-state index contributed by atoms with van der Waals surface area (Å²) in [6, 6.07) is 17.2. The lowest BCUT2D eigenvalue weighted by atomic mass is 10.2. The highest BCUT2D eigenvalue weighted by Gasteiger charge is 2.25. The van der Waals surface area contributed by atoms with E-state index in [1.54, 1.807) is 24.8 Å². The number of amides is 2. The SMILES string of the molecule is Cc1cc(NC(=O)C(C)SCC(=O)N(c2nc3ccccc3s2)c2ccccc2C)no1. The monoisotopic (exact) mass is 466 g/mol. The quantitative estimate of drug-likeness (QED) is 0.396. The predicted octanol–water partition coefficient (Wildman–Crippen LogP) is 5.33. The molecular formula is C23H22N4O3S2. The van der Waals surface area contributed by atoms with Gasteiger partial charge in [-0.05, 0) is 44.5 Å². The van der Waals surface area contributed by atoms with E-state index in [1.165, 1.54) is 23.1 Å². The molecule has 0 bridgehead atoms. The van der Waals surface area contributed by atoms with E-state index >= 15 is 0 Å². The van der Waals surface area contributed by atoms with Crippen molar-refractivity contribution in [1.82, 2.24) is 10.1 Å². The van der Waals surface area contributed by atoms with Gasteiger partial charge in [0.15, 0.2) is 10.9 Å². The second-order valence-electron chi connectivity index (χ2n) is 7.25. The fourth-order valence-corrected chi connectivity index (χ4v) is 4.83. The number of carbonyl (C=O) groups is 2. The zero-order valence-corrected chi connectivity index (χ0v) is 19.5. The minimum absolute atomic E-state index is 0.122. The average Bonchev–Trinajstić information content (AvgIpc) is 3.39. The summed E-state index contributed by atoms with van der Waals surface area (Å²) >= 11 is 2.73. The van der Waals surface area contributed by atoms with Crippen LogP contribution in [-0.4, -0.2) is 33.0 Å². The van der Waals surface area contributed by atoms with E-state index in [-0.39, 0.29) is 17.6 Å². The minimum atomic E-state index is -0.454. The Morgan fingerprint density at radius 3 is 2.62 bits per heavy atom. The number of thioether (sulfide) groups is 1. The molecule has 2 aromatic carbocycles. The number of hydrogen-bond acceptors (Lipinski definition) is 7. The van der Waals surface area contributed by atoms with Gasteiger partial charge < -0.3 is 9.84 Å². The van der Waals surface area contributed by atoms with Crippen molar-refractivity contribution < 1.29 is 14.1 Å². The zero-order valence-electron chi connectivity index (χ0n) is 17.9. The van der Waals surface area contributed by atoms with Crippen molar-refractivity contribution in [2.24, 2.45) is 0 Å².